The summed E-state index contributed by atoms with van der Waals surface area (Å²) in [6.07, 6.45) is 6.05. The highest BCUT2D eigenvalue weighted by molar-refractivity contribution is 8.00. The molecule has 2 aromatic heterocycles. The van der Waals surface area contributed by atoms with Crippen molar-refractivity contribution in [3.8, 4) is 0 Å². The number of carbonyl (C=O) groups excluding carboxylic acids is 1. The molecule has 0 spiro atoms. The lowest BCUT2D eigenvalue weighted by molar-refractivity contribution is -0.134. The van der Waals surface area contributed by atoms with Gasteiger partial charge in [-0.3, -0.25) is 4.72 Å². The summed E-state index contributed by atoms with van der Waals surface area (Å²) in [6, 6.07) is 6.21. The lowest BCUT2D eigenvalue weighted by Crippen LogP contribution is -2.12. The minimum atomic E-state index is -3.84. The predicted octanol–water partition coefficient (Wildman–Crippen LogP) is 4.71. The number of hydrogen-bond donors (Lipinski definition) is 1. The van der Waals surface area contributed by atoms with Gasteiger partial charge in [0.2, 0.25) is 5.89 Å². The molecule has 32 heavy (non-hydrogen) atoms. The van der Waals surface area contributed by atoms with Gasteiger partial charge in [-0.1, -0.05) is 44.2 Å². The van der Waals surface area contributed by atoms with E-state index in [1.807, 2.05) is 0 Å². The van der Waals surface area contributed by atoms with Crippen molar-refractivity contribution in [2.45, 2.75) is 41.0 Å². The van der Waals surface area contributed by atoms with Crippen molar-refractivity contribution in [1.29, 1.82) is 0 Å². The molecule has 0 saturated heterocycles. The molecule has 0 fully saturated rings. The molecule has 0 radical (unpaired) electrons. The Morgan fingerprint density at radius 1 is 1.28 bits per heavy atom. The smallest absolute Gasteiger partial charge is 0.330 e. The molecule has 11 heteroatoms. The van der Waals surface area contributed by atoms with Gasteiger partial charge >= 0.3 is 5.97 Å². The summed E-state index contributed by atoms with van der Waals surface area (Å²) in [6.45, 7) is 6.16. The lowest BCUT2D eigenvalue weighted by Gasteiger charge is -2.12. The number of nitrogens with one attached hydrogen (secondary N) is 1. The SMILES string of the molecule is COC(=O)C=Cc1cccc(S(=O)(=O)Nc2ncc(SCc3ncc(C(C)(C)C)o3)s2)c1. The standard InChI is InChI=1S/C21H23N3O5S3/c1-21(2,3)16-11-22-17(29-16)13-30-19-12-23-20(31-19)24-32(26,27)15-7-5-6-14(10-15)8-9-18(25)28-4/h5-12H,13H2,1-4H3,(H,23,24). The third kappa shape index (κ3) is 6.44. The first-order valence-corrected chi connectivity index (χ1v) is 12.8. The fraction of sp³-hybridized carbons (Fsp3) is 0.286. The van der Waals surface area contributed by atoms with Gasteiger partial charge in [0.15, 0.2) is 5.13 Å². The van der Waals surface area contributed by atoms with Crippen LogP contribution in [-0.2, 0) is 30.7 Å². The number of rotatable bonds is 8. The number of thiazole rings is 1. The van der Waals surface area contributed by atoms with Crippen LogP contribution in [0.4, 0.5) is 5.13 Å². The third-order valence-electron chi connectivity index (χ3n) is 4.12. The molecule has 170 valence electrons. The van der Waals surface area contributed by atoms with Crippen LogP contribution in [0.3, 0.4) is 0 Å². The Morgan fingerprint density at radius 3 is 2.75 bits per heavy atom. The maximum atomic E-state index is 12.7. The largest absolute Gasteiger partial charge is 0.466 e. The zero-order chi connectivity index (χ0) is 23.4. The minimum absolute atomic E-state index is 0.0587. The maximum Gasteiger partial charge on any atom is 0.330 e. The Hall–Kier alpha value is -2.63. The van der Waals surface area contributed by atoms with E-state index in [0.717, 1.165) is 9.97 Å². The molecule has 0 unspecified atom stereocenters. The molecular weight excluding hydrogens is 470 g/mol. The Balaban J connectivity index is 1.65. The number of carbonyl (C=O) groups is 1. The summed E-state index contributed by atoms with van der Waals surface area (Å²) >= 11 is 2.69. The number of aromatic nitrogens is 2. The van der Waals surface area contributed by atoms with Crippen molar-refractivity contribution in [3.63, 3.8) is 0 Å². The van der Waals surface area contributed by atoms with Crippen LogP contribution in [0.25, 0.3) is 6.08 Å². The summed E-state index contributed by atoms with van der Waals surface area (Å²) in [7, 11) is -2.57. The first kappa shape index (κ1) is 24.0. The summed E-state index contributed by atoms with van der Waals surface area (Å²) in [4.78, 5) is 19.8. The van der Waals surface area contributed by atoms with Crippen molar-refractivity contribution in [2.75, 3.05) is 11.8 Å². The quantitative estimate of drug-likeness (QED) is 0.273. The van der Waals surface area contributed by atoms with Crippen molar-refractivity contribution >= 4 is 50.3 Å². The summed E-state index contributed by atoms with van der Waals surface area (Å²) in [5.41, 5.74) is 0.437. The second kappa shape index (κ2) is 9.88. The van der Waals surface area contributed by atoms with E-state index in [2.05, 4.69) is 40.2 Å². The normalized spacial score (nSPS) is 12.2. The van der Waals surface area contributed by atoms with E-state index in [1.54, 1.807) is 24.5 Å². The molecular formula is C21H23N3O5S3. The molecule has 3 aromatic rings. The highest BCUT2D eigenvalue weighted by Gasteiger charge is 2.20. The molecule has 0 aliphatic rings. The van der Waals surface area contributed by atoms with E-state index in [0.29, 0.717) is 17.2 Å². The first-order valence-electron chi connectivity index (χ1n) is 9.49. The van der Waals surface area contributed by atoms with E-state index < -0.39 is 16.0 Å². The summed E-state index contributed by atoms with van der Waals surface area (Å²) < 4.78 is 39.1. The molecule has 0 bridgehead atoms. The van der Waals surface area contributed by atoms with E-state index >= 15 is 0 Å². The van der Waals surface area contributed by atoms with Crippen LogP contribution >= 0.6 is 23.1 Å². The fourth-order valence-electron chi connectivity index (χ4n) is 2.42. The van der Waals surface area contributed by atoms with Crippen molar-refractivity contribution in [1.82, 2.24) is 9.97 Å². The van der Waals surface area contributed by atoms with Gasteiger partial charge in [-0.2, -0.15) is 0 Å². The summed E-state index contributed by atoms with van der Waals surface area (Å²) in [5.74, 6) is 1.41. The molecule has 0 amide bonds. The second-order valence-corrected chi connectivity index (χ2v) is 11.7. The molecule has 0 aliphatic heterocycles. The zero-order valence-electron chi connectivity index (χ0n) is 18.0. The second-order valence-electron chi connectivity index (χ2n) is 7.68. The number of sulfonamides is 1. The van der Waals surface area contributed by atoms with E-state index in [9.17, 15) is 13.2 Å². The predicted molar refractivity (Wildman–Crippen MR) is 125 cm³/mol. The Morgan fingerprint density at radius 2 is 2.06 bits per heavy atom. The number of hydrogen-bond acceptors (Lipinski definition) is 9. The van der Waals surface area contributed by atoms with Crippen LogP contribution in [-0.4, -0.2) is 31.5 Å². The lowest BCUT2D eigenvalue weighted by atomic mass is 9.94. The van der Waals surface area contributed by atoms with Crippen molar-refractivity contribution in [3.05, 3.63) is 59.9 Å². The van der Waals surface area contributed by atoms with Gasteiger partial charge in [0.1, 0.15) is 5.76 Å². The molecule has 3 rings (SSSR count). The highest BCUT2D eigenvalue weighted by Crippen LogP contribution is 2.32. The van der Waals surface area contributed by atoms with Crippen LogP contribution in [0.2, 0.25) is 0 Å². The number of anilines is 1. The van der Waals surface area contributed by atoms with Crippen LogP contribution in [0, 0.1) is 0 Å². The fourth-order valence-corrected chi connectivity index (χ4v) is 5.44. The molecule has 2 heterocycles. The van der Waals surface area contributed by atoms with Gasteiger partial charge in [0, 0.05) is 11.5 Å². The van der Waals surface area contributed by atoms with Gasteiger partial charge in [0.25, 0.3) is 10.0 Å². The van der Waals surface area contributed by atoms with Crippen molar-refractivity contribution in [2.24, 2.45) is 0 Å². The number of thioether (sulfide) groups is 1. The Bertz CT molecular complexity index is 1220. The van der Waals surface area contributed by atoms with Crippen LogP contribution in [0.15, 0.2) is 56.3 Å². The van der Waals surface area contributed by atoms with Crippen LogP contribution in [0.5, 0.6) is 0 Å². The Kier molecular flexibility index (Phi) is 7.42. The number of methoxy groups -OCH3 is 1. The van der Waals surface area contributed by atoms with E-state index in [-0.39, 0.29) is 15.4 Å². The number of esters is 1. The summed E-state index contributed by atoms with van der Waals surface area (Å²) in [5, 5.41) is 0.255. The average molecular weight is 494 g/mol. The monoisotopic (exact) mass is 493 g/mol. The molecule has 1 N–H and O–H groups in total. The van der Waals surface area contributed by atoms with E-state index in [1.165, 1.54) is 54.5 Å². The topological polar surface area (TPSA) is 111 Å². The number of ether oxygens (including phenoxy) is 1. The molecule has 0 saturated carbocycles. The molecule has 0 aliphatic carbocycles. The number of nitrogens with zero attached hydrogens (tertiary/aromatic N) is 2. The first-order chi connectivity index (χ1) is 15.1. The zero-order valence-corrected chi connectivity index (χ0v) is 20.4. The Labute approximate surface area is 195 Å². The van der Waals surface area contributed by atoms with Crippen LogP contribution < -0.4 is 4.72 Å². The minimum Gasteiger partial charge on any atom is -0.466 e. The van der Waals surface area contributed by atoms with Crippen molar-refractivity contribution < 1.29 is 22.4 Å². The third-order valence-corrected chi connectivity index (χ3v) is 7.68. The van der Waals surface area contributed by atoms with Gasteiger partial charge < -0.3 is 9.15 Å². The molecule has 0 atom stereocenters. The van der Waals surface area contributed by atoms with Gasteiger partial charge in [-0.05, 0) is 23.8 Å². The van der Waals surface area contributed by atoms with Gasteiger partial charge in [-0.25, -0.2) is 23.2 Å². The van der Waals surface area contributed by atoms with E-state index in [4.69, 9.17) is 4.42 Å². The van der Waals surface area contributed by atoms with Gasteiger partial charge in [0.05, 0.1) is 34.4 Å². The molecule has 1 aromatic carbocycles. The molecule has 8 nitrogen and oxygen atoms in total. The number of benzene rings is 1. The number of oxazole rings is 1. The highest BCUT2D eigenvalue weighted by atomic mass is 32.2. The maximum absolute atomic E-state index is 12.7. The van der Waals surface area contributed by atoms with Gasteiger partial charge in [-0.15, -0.1) is 11.8 Å². The average Bonchev–Trinajstić information content (AvgIpc) is 3.39. The van der Waals surface area contributed by atoms with Crippen LogP contribution in [0.1, 0.15) is 38.0 Å².